The summed E-state index contributed by atoms with van der Waals surface area (Å²) in [5, 5.41) is 11.3. The second-order valence-electron chi connectivity index (χ2n) is 3.56. The van der Waals surface area contributed by atoms with E-state index in [1.807, 2.05) is 97.1 Å². The van der Waals surface area contributed by atoms with Crippen LogP contribution in [0.4, 0.5) is 22.7 Å². The molecule has 0 amide bonds. The van der Waals surface area contributed by atoms with Crippen LogP contribution in [0.15, 0.2) is 58.8 Å². The SMILES string of the molecule is CC.CC.CC.CNc1ccc(N=Nc2ccccc2)c(N)c1. The zero-order valence-electron chi connectivity index (χ0n) is 15.6. The Balaban J connectivity index is 0. The van der Waals surface area contributed by atoms with Crippen LogP contribution in [0.1, 0.15) is 41.5 Å². The highest BCUT2D eigenvalue weighted by Crippen LogP contribution is 2.27. The van der Waals surface area contributed by atoms with Gasteiger partial charge in [-0.15, -0.1) is 5.11 Å². The Hall–Kier alpha value is -2.36. The topological polar surface area (TPSA) is 62.8 Å². The van der Waals surface area contributed by atoms with Crippen molar-refractivity contribution in [3.8, 4) is 0 Å². The van der Waals surface area contributed by atoms with Gasteiger partial charge in [0.2, 0.25) is 0 Å². The summed E-state index contributed by atoms with van der Waals surface area (Å²) in [6.45, 7) is 12.0. The number of benzene rings is 2. The fourth-order valence-corrected chi connectivity index (χ4v) is 1.41. The maximum Gasteiger partial charge on any atom is 0.109 e. The summed E-state index contributed by atoms with van der Waals surface area (Å²) in [7, 11) is 1.85. The number of nitrogens with one attached hydrogen (secondary N) is 1. The van der Waals surface area contributed by atoms with E-state index in [4.69, 9.17) is 5.73 Å². The Morgan fingerprint density at radius 3 is 1.83 bits per heavy atom. The first-order valence-electron chi connectivity index (χ1n) is 8.33. The number of rotatable bonds is 3. The van der Waals surface area contributed by atoms with Gasteiger partial charge in [0.1, 0.15) is 5.69 Å². The van der Waals surface area contributed by atoms with Gasteiger partial charge in [-0.1, -0.05) is 59.7 Å². The van der Waals surface area contributed by atoms with Gasteiger partial charge in [-0.2, -0.15) is 5.11 Å². The van der Waals surface area contributed by atoms with Crippen LogP contribution in [-0.2, 0) is 0 Å². The first-order chi connectivity index (χ1) is 11.3. The van der Waals surface area contributed by atoms with Gasteiger partial charge in [-0.3, -0.25) is 0 Å². The summed E-state index contributed by atoms with van der Waals surface area (Å²) in [6, 6.07) is 15.1. The molecule has 3 N–H and O–H groups in total. The molecule has 128 valence electrons. The molecule has 2 aromatic rings. The minimum atomic E-state index is 0.608. The lowest BCUT2D eigenvalue weighted by Crippen LogP contribution is -1.90. The third-order valence-electron chi connectivity index (χ3n) is 2.35. The molecule has 0 aliphatic rings. The van der Waals surface area contributed by atoms with Crippen LogP contribution in [0.25, 0.3) is 0 Å². The van der Waals surface area contributed by atoms with Crippen molar-refractivity contribution in [3.05, 3.63) is 48.5 Å². The van der Waals surface area contributed by atoms with Crippen molar-refractivity contribution in [2.75, 3.05) is 18.1 Å². The molecule has 0 saturated carbocycles. The van der Waals surface area contributed by atoms with Crippen LogP contribution in [0.3, 0.4) is 0 Å². The van der Waals surface area contributed by atoms with Crippen LogP contribution in [0.2, 0.25) is 0 Å². The van der Waals surface area contributed by atoms with Crippen molar-refractivity contribution in [2.45, 2.75) is 41.5 Å². The molecule has 0 bridgehead atoms. The lowest BCUT2D eigenvalue weighted by atomic mass is 10.2. The monoisotopic (exact) mass is 316 g/mol. The predicted octanol–water partition coefficient (Wildman–Crippen LogP) is 6.80. The summed E-state index contributed by atoms with van der Waals surface area (Å²) < 4.78 is 0. The fraction of sp³-hybridized carbons (Fsp3) is 0.368. The Bertz CT molecular complexity index is 522. The number of anilines is 2. The van der Waals surface area contributed by atoms with E-state index in [9.17, 15) is 0 Å². The largest absolute Gasteiger partial charge is 0.397 e. The number of nitrogen functional groups attached to an aromatic ring is 1. The van der Waals surface area contributed by atoms with E-state index < -0.39 is 0 Å². The summed E-state index contributed by atoms with van der Waals surface area (Å²) in [6.07, 6.45) is 0. The number of nitrogens with zero attached hydrogens (tertiary/aromatic N) is 2. The fourth-order valence-electron chi connectivity index (χ4n) is 1.41. The Morgan fingerprint density at radius 1 is 0.783 bits per heavy atom. The van der Waals surface area contributed by atoms with Crippen molar-refractivity contribution in [3.63, 3.8) is 0 Å². The highest BCUT2D eigenvalue weighted by atomic mass is 15.1. The molecule has 23 heavy (non-hydrogen) atoms. The van der Waals surface area contributed by atoms with Crippen LogP contribution in [0, 0.1) is 0 Å². The van der Waals surface area contributed by atoms with E-state index in [2.05, 4.69) is 15.5 Å². The van der Waals surface area contributed by atoms with Gasteiger partial charge in [0.05, 0.1) is 11.4 Å². The normalized spacial score (nSPS) is 8.65. The molecule has 4 heteroatoms. The minimum absolute atomic E-state index is 0.608. The van der Waals surface area contributed by atoms with Gasteiger partial charge in [-0.05, 0) is 30.3 Å². The second-order valence-corrected chi connectivity index (χ2v) is 3.56. The number of hydrogen-bond donors (Lipinski definition) is 2. The van der Waals surface area contributed by atoms with Crippen molar-refractivity contribution in [1.82, 2.24) is 0 Å². The summed E-state index contributed by atoms with van der Waals surface area (Å²) in [5.74, 6) is 0. The van der Waals surface area contributed by atoms with Gasteiger partial charge < -0.3 is 11.1 Å². The molecule has 4 nitrogen and oxygen atoms in total. The summed E-state index contributed by atoms with van der Waals surface area (Å²) in [4.78, 5) is 0. The minimum Gasteiger partial charge on any atom is -0.397 e. The molecule has 0 aromatic heterocycles. The molecule has 2 aromatic carbocycles. The van der Waals surface area contributed by atoms with Crippen LogP contribution in [-0.4, -0.2) is 7.05 Å². The van der Waals surface area contributed by atoms with Gasteiger partial charge in [0.15, 0.2) is 0 Å². The predicted molar refractivity (Wildman–Crippen MR) is 105 cm³/mol. The zero-order chi connectivity index (χ0) is 18.1. The van der Waals surface area contributed by atoms with Gasteiger partial charge in [0, 0.05) is 12.7 Å². The lowest BCUT2D eigenvalue weighted by Gasteiger charge is -2.03. The average Bonchev–Trinajstić information content (AvgIpc) is 2.66. The Labute approximate surface area is 141 Å². The van der Waals surface area contributed by atoms with Crippen LogP contribution < -0.4 is 11.1 Å². The third-order valence-corrected chi connectivity index (χ3v) is 2.35. The van der Waals surface area contributed by atoms with E-state index in [-0.39, 0.29) is 0 Å². The standard InChI is InChI=1S/C13H14N4.3C2H6/c1-15-11-7-8-13(12(14)9-11)17-16-10-5-3-2-4-6-10;3*1-2/h2-9,15H,14H2,1H3;3*1-2H3. The smallest absolute Gasteiger partial charge is 0.109 e. The molecular weight excluding hydrogens is 284 g/mol. The molecule has 0 saturated heterocycles. The maximum absolute atomic E-state index is 5.87. The molecule has 2 rings (SSSR count). The number of hydrogen-bond acceptors (Lipinski definition) is 4. The summed E-state index contributed by atoms with van der Waals surface area (Å²) in [5.41, 5.74) is 8.92. The number of nitrogens with two attached hydrogens (primary N) is 1. The van der Waals surface area contributed by atoms with E-state index >= 15 is 0 Å². The molecule has 0 aliphatic heterocycles. The molecule has 0 fully saturated rings. The third kappa shape index (κ3) is 9.30. The van der Waals surface area contributed by atoms with Gasteiger partial charge >= 0.3 is 0 Å². The molecule has 0 radical (unpaired) electrons. The highest BCUT2D eigenvalue weighted by molar-refractivity contribution is 5.68. The van der Waals surface area contributed by atoms with E-state index in [0.29, 0.717) is 11.4 Å². The van der Waals surface area contributed by atoms with Crippen LogP contribution in [0.5, 0.6) is 0 Å². The molecule has 0 spiro atoms. The molecule has 0 aliphatic carbocycles. The zero-order valence-corrected chi connectivity index (χ0v) is 15.6. The molecular formula is C19H32N4. The first kappa shape index (κ1) is 22.9. The molecule has 0 heterocycles. The lowest BCUT2D eigenvalue weighted by molar-refractivity contribution is 1.23. The van der Waals surface area contributed by atoms with E-state index in [1.165, 1.54) is 0 Å². The average molecular weight is 316 g/mol. The van der Waals surface area contributed by atoms with Crippen molar-refractivity contribution >= 4 is 22.7 Å². The Kier molecular flexibility index (Phi) is 16.0. The van der Waals surface area contributed by atoms with E-state index in [0.717, 1.165) is 11.4 Å². The molecule has 0 atom stereocenters. The van der Waals surface area contributed by atoms with E-state index in [1.54, 1.807) is 0 Å². The summed E-state index contributed by atoms with van der Waals surface area (Å²) >= 11 is 0. The van der Waals surface area contributed by atoms with Crippen molar-refractivity contribution < 1.29 is 0 Å². The van der Waals surface area contributed by atoms with Crippen molar-refractivity contribution in [2.24, 2.45) is 10.2 Å². The second kappa shape index (κ2) is 16.0. The van der Waals surface area contributed by atoms with Crippen molar-refractivity contribution in [1.29, 1.82) is 0 Å². The Morgan fingerprint density at radius 2 is 1.35 bits per heavy atom. The van der Waals surface area contributed by atoms with Gasteiger partial charge in [-0.25, -0.2) is 0 Å². The molecule has 0 unspecified atom stereocenters. The van der Waals surface area contributed by atoms with Gasteiger partial charge in [0.25, 0.3) is 0 Å². The highest BCUT2D eigenvalue weighted by Gasteiger charge is 1.98. The quantitative estimate of drug-likeness (QED) is 0.483. The maximum atomic E-state index is 5.87. The number of azo groups is 1. The first-order valence-corrected chi connectivity index (χ1v) is 8.33. The van der Waals surface area contributed by atoms with Crippen LogP contribution >= 0.6 is 0 Å².